The maximum Gasteiger partial charge on any atom is 0.222 e. The highest BCUT2D eigenvalue weighted by molar-refractivity contribution is 5.71. The van der Waals surface area contributed by atoms with Crippen LogP contribution in [0.25, 0.3) is 17.1 Å². The average molecular weight is 304 g/mol. The molecule has 0 amide bonds. The Hall–Kier alpha value is -2.29. The van der Waals surface area contributed by atoms with Gasteiger partial charge >= 0.3 is 0 Å². The molecule has 3 nitrogen and oxygen atoms in total. The first-order valence-corrected chi connectivity index (χ1v) is 8.60. The van der Waals surface area contributed by atoms with E-state index in [9.17, 15) is 0 Å². The molecule has 2 heterocycles. The number of hydrogen-bond donors (Lipinski definition) is 0. The van der Waals surface area contributed by atoms with Gasteiger partial charge in [0.25, 0.3) is 0 Å². The molecule has 3 heteroatoms. The maximum atomic E-state index is 6.11. The summed E-state index contributed by atoms with van der Waals surface area (Å²) in [6.45, 7) is 0.788. The number of fused-ring (bicyclic) bond motifs is 2. The van der Waals surface area contributed by atoms with Crippen LogP contribution in [0.15, 0.2) is 48.6 Å². The van der Waals surface area contributed by atoms with Crippen LogP contribution in [0.3, 0.4) is 0 Å². The quantitative estimate of drug-likeness (QED) is 0.826. The Bertz CT molecular complexity index is 801. The SMILES string of the molecule is C1=CC2CC2C=C1n1c(-c2ccccc2)nc2c1OCCCC2. The third-order valence-electron chi connectivity index (χ3n) is 5.03. The molecule has 0 spiro atoms. The molecular formula is C20H20N2O. The fourth-order valence-corrected chi connectivity index (χ4v) is 3.64. The minimum atomic E-state index is 0.711. The second-order valence-electron chi connectivity index (χ2n) is 6.71. The number of aromatic nitrogens is 2. The Kier molecular flexibility index (Phi) is 2.93. The van der Waals surface area contributed by atoms with Gasteiger partial charge in [0.15, 0.2) is 0 Å². The standard InChI is InChI=1S/C20H20N2O/c1-2-6-14(7-3-1)19-21-18-8-4-5-11-23-20(18)22(19)17-10-9-15-12-16(15)13-17/h1-3,6-7,9-10,13,15-16H,4-5,8,11-12H2. The molecule has 116 valence electrons. The Morgan fingerprint density at radius 2 is 2.00 bits per heavy atom. The Labute approximate surface area is 136 Å². The summed E-state index contributed by atoms with van der Waals surface area (Å²) in [6.07, 6.45) is 11.5. The van der Waals surface area contributed by atoms with Crippen molar-refractivity contribution in [3.05, 3.63) is 54.3 Å². The molecular weight excluding hydrogens is 284 g/mol. The third kappa shape index (κ3) is 2.23. The largest absolute Gasteiger partial charge is 0.477 e. The molecule has 23 heavy (non-hydrogen) atoms. The van der Waals surface area contributed by atoms with E-state index in [1.54, 1.807) is 0 Å². The predicted molar refractivity (Wildman–Crippen MR) is 91.1 cm³/mol. The highest BCUT2D eigenvalue weighted by atomic mass is 16.5. The minimum absolute atomic E-state index is 0.711. The van der Waals surface area contributed by atoms with Gasteiger partial charge in [-0.1, -0.05) is 42.5 Å². The normalized spacial score (nSPS) is 25.0. The monoisotopic (exact) mass is 304 g/mol. The van der Waals surface area contributed by atoms with Crippen LogP contribution in [0.2, 0.25) is 0 Å². The lowest BCUT2D eigenvalue weighted by Crippen LogP contribution is -2.06. The van der Waals surface area contributed by atoms with Crippen LogP contribution in [0, 0.1) is 11.8 Å². The molecule has 0 bridgehead atoms. The van der Waals surface area contributed by atoms with E-state index in [1.165, 1.54) is 12.1 Å². The van der Waals surface area contributed by atoms with E-state index >= 15 is 0 Å². The molecule has 5 rings (SSSR count). The highest BCUT2D eigenvalue weighted by Crippen LogP contribution is 2.46. The number of rotatable bonds is 2. The Balaban J connectivity index is 1.70. The molecule has 0 N–H and O–H groups in total. The number of imidazole rings is 1. The average Bonchev–Trinajstić information content (AvgIpc) is 3.34. The predicted octanol–water partition coefficient (Wildman–Crippen LogP) is 4.31. The summed E-state index contributed by atoms with van der Waals surface area (Å²) < 4.78 is 8.35. The minimum Gasteiger partial charge on any atom is -0.477 e. The van der Waals surface area contributed by atoms with Crippen LogP contribution >= 0.6 is 0 Å². The Morgan fingerprint density at radius 3 is 2.87 bits per heavy atom. The summed E-state index contributed by atoms with van der Waals surface area (Å²) in [6, 6.07) is 10.5. The lowest BCUT2D eigenvalue weighted by Gasteiger charge is -2.15. The van der Waals surface area contributed by atoms with E-state index in [0.29, 0.717) is 5.92 Å². The van der Waals surface area contributed by atoms with Crippen molar-refractivity contribution in [3.63, 3.8) is 0 Å². The van der Waals surface area contributed by atoms with Gasteiger partial charge in [-0.2, -0.15) is 0 Å². The van der Waals surface area contributed by atoms with Crippen molar-refractivity contribution < 1.29 is 4.74 Å². The van der Waals surface area contributed by atoms with Crippen molar-refractivity contribution in [1.82, 2.24) is 9.55 Å². The van der Waals surface area contributed by atoms with Crippen molar-refractivity contribution >= 4 is 5.70 Å². The number of nitrogens with zero attached hydrogens (tertiary/aromatic N) is 2. The highest BCUT2D eigenvalue weighted by Gasteiger charge is 2.36. The number of ether oxygens (including phenoxy) is 1. The van der Waals surface area contributed by atoms with Crippen LogP contribution in [0.1, 0.15) is 25.0 Å². The molecule has 0 radical (unpaired) electrons. The first-order chi connectivity index (χ1) is 11.4. The summed E-state index contributed by atoms with van der Waals surface area (Å²) in [5.41, 5.74) is 3.48. The third-order valence-corrected chi connectivity index (χ3v) is 5.03. The van der Waals surface area contributed by atoms with Crippen molar-refractivity contribution in [3.8, 4) is 17.3 Å². The molecule has 2 aromatic rings. The molecule has 1 aliphatic heterocycles. The number of allylic oxidation sites excluding steroid dienone is 4. The van der Waals surface area contributed by atoms with Gasteiger partial charge in [-0.05, 0) is 43.6 Å². The summed E-state index contributed by atoms with van der Waals surface area (Å²) in [5, 5.41) is 0. The topological polar surface area (TPSA) is 27.1 Å². The van der Waals surface area contributed by atoms with Crippen molar-refractivity contribution in [2.75, 3.05) is 6.61 Å². The van der Waals surface area contributed by atoms with Crippen LogP contribution in [0.5, 0.6) is 5.88 Å². The van der Waals surface area contributed by atoms with Gasteiger partial charge in [0.1, 0.15) is 11.5 Å². The molecule has 1 saturated carbocycles. The number of benzene rings is 1. The van der Waals surface area contributed by atoms with Crippen LogP contribution in [0.4, 0.5) is 0 Å². The second kappa shape index (κ2) is 5.12. The molecule has 2 unspecified atom stereocenters. The molecule has 2 aliphatic carbocycles. The molecule has 1 fully saturated rings. The van der Waals surface area contributed by atoms with E-state index in [0.717, 1.165) is 54.7 Å². The van der Waals surface area contributed by atoms with Gasteiger partial charge < -0.3 is 4.74 Å². The molecule has 1 aromatic heterocycles. The fourth-order valence-electron chi connectivity index (χ4n) is 3.64. The van der Waals surface area contributed by atoms with Gasteiger partial charge in [-0.25, -0.2) is 4.98 Å². The molecule has 0 saturated heterocycles. The summed E-state index contributed by atoms with van der Waals surface area (Å²) in [5.74, 6) is 3.44. The fraction of sp³-hybridized carbons (Fsp3) is 0.350. The zero-order chi connectivity index (χ0) is 15.2. The number of hydrogen-bond acceptors (Lipinski definition) is 2. The molecule has 3 aliphatic rings. The summed E-state index contributed by atoms with van der Waals surface area (Å²) in [4.78, 5) is 4.96. The second-order valence-corrected chi connectivity index (χ2v) is 6.71. The van der Waals surface area contributed by atoms with Gasteiger partial charge in [-0.15, -0.1) is 0 Å². The van der Waals surface area contributed by atoms with Gasteiger partial charge in [-0.3, -0.25) is 4.57 Å². The van der Waals surface area contributed by atoms with Crippen molar-refractivity contribution in [1.29, 1.82) is 0 Å². The zero-order valence-corrected chi connectivity index (χ0v) is 13.1. The molecule has 2 atom stereocenters. The van der Waals surface area contributed by atoms with E-state index in [-0.39, 0.29) is 0 Å². The van der Waals surface area contributed by atoms with Crippen molar-refractivity contribution in [2.45, 2.75) is 25.7 Å². The van der Waals surface area contributed by atoms with Gasteiger partial charge in [0, 0.05) is 11.3 Å². The lowest BCUT2D eigenvalue weighted by atomic mass is 10.1. The van der Waals surface area contributed by atoms with Gasteiger partial charge in [0.05, 0.1) is 6.61 Å². The van der Waals surface area contributed by atoms with E-state index in [4.69, 9.17) is 9.72 Å². The van der Waals surface area contributed by atoms with Crippen LogP contribution in [-0.2, 0) is 6.42 Å². The van der Waals surface area contributed by atoms with Crippen molar-refractivity contribution in [2.24, 2.45) is 11.8 Å². The van der Waals surface area contributed by atoms with Crippen LogP contribution in [-0.4, -0.2) is 16.2 Å². The lowest BCUT2D eigenvalue weighted by molar-refractivity contribution is 0.301. The number of aryl methyl sites for hydroxylation is 1. The van der Waals surface area contributed by atoms with Gasteiger partial charge in [0.2, 0.25) is 5.88 Å². The van der Waals surface area contributed by atoms with E-state index in [2.05, 4.69) is 47.1 Å². The first kappa shape index (κ1) is 13.2. The van der Waals surface area contributed by atoms with Crippen LogP contribution < -0.4 is 4.74 Å². The molecule has 1 aromatic carbocycles. The zero-order valence-electron chi connectivity index (χ0n) is 13.1. The smallest absolute Gasteiger partial charge is 0.222 e. The summed E-state index contributed by atoms with van der Waals surface area (Å²) >= 11 is 0. The maximum absolute atomic E-state index is 6.11. The summed E-state index contributed by atoms with van der Waals surface area (Å²) in [7, 11) is 0. The first-order valence-electron chi connectivity index (χ1n) is 8.60. The Morgan fingerprint density at radius 1 is 1.09 bits per heavy atom. The van der Waals surface area contributed by atoms with E-state index in [1.807, 2.05) is 6.07 Å². The van der Waals surface area contributed by atoms with E-state index < -0.39 is 0 Å².